The van der Waals surface area contributed by atoms with E-state index in [9.17, 15) is 14.7 Å². The molecule has 0 fully saturated rings. The van der Waals surface area contributed by atoms with Crippen molar-refractivity contribution in [2.75, 3.05) is 13.2 Å². The van der Waals surface area contributed by atoms with E-state index in [0.29, 0.717) is 12.3 Å². The molecule has 0 radical (unpaired) electrons. The molecule has 3 heterocycles. The molecule has 1 aliphatic rings. The molecule has 1 atom stereocenters. The van der Waals surface area contributed by atoms with Gasteiger partial charge in [0, 0.05) is 23.1 Å². The Morgan fingerprint density at radius 3 is 2.88 bits per heavy atom. The van der Waals surface area contributed by atoms with Gasteiger partial charge in [0.15, 0.2) is 0 Å². The normalized spacial score (nSPS) is 16.2. The van der Waals surface area contributed by atoms with E-state index in [1.54, 1.807) is 0 Å². The van der Waals surface area contributed by atoms with Gasteiger partial charge in [0.25, 0.3) is 5.56 Å². The van der Waals surface area contributed by atoms with Gasteiger partial charge in [-0.2, -0.15) is 0 Å². The highest BCUT2D eigenvalue weighted by atomic mass is 16.5. The van der Waals surface area contributed by atoms with Crippen LogP contribution < -0.4 is 21.3 Å². The molecule has 132 valence electrons. The van der Waals surface area contributed by atoms with E-state index in [1.807, 2.05) is 18.2 Å². The SMILES string of the molecule is C#CCOc1ccc2[nH]c3c(c2c1)CCN[C@H]3c1c(O)[nH]c(=O)[nH]c1=O. The van der Waals surface area contributed by atoms with Gasteiger partial charge in [0.1, 0.15) is 17.9 Å². The van der Waals surface area contributed by atoms with E-state index in [1.165, 1.54) is 0 Å². The van der Waals surface area contributed by atoms with Crippen molar-refractivity contribution in [1.29, 1.82) is 0 Å². The van der Waals surface area contributed by atoms with Crippen LogP contribution in [0, 0.1) is 12.3 Å². The Hall–Kier alpha value is -3.44. The highest BCUT2D eigenvalue weighted by Crippen LogP contribution is 2.35. The third-order valence-corrected chi connectivity index (χ3v) is 4.49. The van der Waals surface area contributed by atoms with Crippen LogP contribution in [-0.2, 0) is 6.42 Å². The van der Waals surface area contributed by atoms with E-state index in [0.717, 1.165) is 28.6 Å². The van der Waals surface area contributed by atoms with Gasteiger partial charge >= 0.3 is 5.69 Å². The summed E-state index contributed by atoms with van der Waals surface area (Å²) in [5.41, 5.74) is 1.37. The summed E-state index contributed by atoms with van der Waals surface area (Å²) in [4.78, 5) is 31.2. The molecule has 0 saturated heterocycles. The Morgan fingerprint density at radius 2 is 2.12 bits per heavy atom. The molecule has 5 N–H and O–H groups in total. The molecule has 8 nitrogen and oxygen atoms in total. The zero-order valence-electron chi connectivity index (χ0n) is 13.7. The van der Waals surface area contributed by atoms with Crippen molar-refractivity contribution in [3.8, 4) is 24.0 Å². The number of terminal acetylenes is 1. The second-order valence-corrected chi connectivity index (χ2v) is 6.03. The molecule has 0 saturated carbocycles. The smallest absolute Gasteiger partial charge is 0.328 e. The topological polar surface area (TPSA) is 123 Å². The van der Waals surface area contributed by atoms with Crippen molar-refractivity contribution in [3.63, 3.8) is 0 Å². The second kappa shape index (κ2) is 6.13. The Balaban J connectivity index is 1.86. The number of H-pyrrole nitrogens is 3. The van der Waals surface area contributed by atoms with Gasteiger partial charge in [0.2, 0.25) is 5.88 Å². The van der Waals surface area contributed by atoms with Crippen molar-refractivity contribution in [2.24, 2.45) is 0 Å². The second-order valence-electron chi connectivity index (χ2n) is 6.03. The Bertz CT molecular complexity index is 1150. The van der Waals surface area contributed by atoms with Gasteiger partial charge in [-0.15, -0.1) is 6.42 Å². The predicted octanol–water partition coefficient (Wildman–Crippen LogP) is 0.497. The zero-order chi connectivity index (χ0) is 18.3. The average Bonchev–Trinajstić information content (AvgIpc) is 2.98. The van der Waals surface area contributed by atoms with Gasteiger partial charge in [-0.1, -0.05) is 5.92 Å². The maximum Gasteiger partial charge on any atom is 0.328 e. The van der Waals surface area contributed by atoms with E-state index in [4.69, 9.17) is 11.2 Å². The van der Waals surface area contributed by atoms with Gasteiger partial charge in [-0.25, -0.2) is 4.79 Å². The van der Waals surface area contributed by atoms with Crippen molar-refractivity contribution >= 4 is 10.9 Å². The van der Waals surface area contributed by atoms with Crippen LogP contribution in [0.15, 0.2) is 27.8 Å². The summed E-state index contributed by atoms with van der Waals surface area (Å²) in [6.07, 6.45) is 5.97. The molecule has 0 amide bonds. The Kier molecular flexibility index (Phi) is 3.78. The number of ether oxygens (including phenoxy) is 1. The highest BCUT2D eigenvalue weighted by Gasteiger charge is 2.29. The molecule has 26 heavy (non-hydrogen) atoms. The fourth-order valence-electron chi connectivity index (χ4n) is 3.42. The molecule has 0 spiro atoms. The van der Waals surface area contributed by atoms with Crippen LogP contribution in [0.1, 0.15) is 22.9 Å². The summed E-state index contributed by atoms with van der Waals surface area (Å²) < 4.78 is 5.49. The largest absolute Gasteiger partial charge is 0.494 e. The minimum atomic E-state index is -0.751. The molecule has 1 aliphatic heterocycles. The summed E-state index contributed by atoms with van der Waals surface area (Å²) >= 11 is 0. The maximum absolute atomic E-state index is 12.2. The van der Waals surface area contributed by atoms with E-state index >= 15 is 0 Å². The third kappa shape index (κ3) is 2.55. The van der Waals surface area contributed by atoms with E-state index < -0.39 is 23.2 Å². The highest BCUT2D eigenvalue weighted by molar-refractivity contribution is 5.86. The first-order chi connectivity index (χ1) is 12.6. The lowest BCUT2D eigenvalue weighted by molar-refractivity contribution is 0.371. The fourth-order valence-corrected chi connectivity index (χ4v) is 3.42. The number of hydrogen-bond acceptors (Lipinski definition) is 5. The molecule has 0 unspecified atom stereocenters. The lowest BCUT2D eigenvalue weighted by Crippen LogP contribution is -2.36. The van der Waals surface area contributed by atoms with Crippen molar-refractivity contribution in [1.82, 2.24) is 20.3 Å². The standard InChI is InChI=1S/C18H16N4O4/c1-2-7-26-9-3-4-12-11(8-9)10-5-6-19-15(14(10)20-12)13-16(23)21-18(25)22-17(13)24/h1,3-4,8,15,19-20H,5-7H2,(H3,21,22,23,24,25)/t15-/m0/s1. The van der Waals surface area contributed by atoms with Gasteiger partial charge in [-0.3, -0.25) is 14.8 Å². The summed E-state index contributed by atoms with van der Waals surface area (Å²) in [6.45, 7) is 0.793. The summed E-state index contributed by atoms with van der Waals surface area (Å²) in [7, 11) is 0. The molecule has 1 aromatic carbocycles. The number of aromatic amines is 3. The van der Waals surface area contributed by atoms with Crippen molar-refractivity contribution in [3.05, 3.63) is 55.9 Å². The minimum Gasteiger partial charge on any atom is -0.494 e. The first-order valence-electron chi connectivity index (χ1n) is 8.08. The molecule has 0 bridgehead atoms. The van der Waals surface area contributed by atoms with Crippen molar-refractivity contribution < 1.29 is 9.84 Å². The zero-order valence-corrected chi connectivity index (χ0v) is 13.7. The lowest BCUT2D eigenvalue weighted by atomic mass is 9.95. The predicted molar refractivity (Wildman–Crippen MR) is 95.5 cm³/mol. The number of fused-ring (bicyclic) bond motifs is 3. The number of nitrogens with one attached hydrogen (secondary N) is 4. The fraction of sp³-hybridized carbons (Fsp3) is 0.222. The van der Waals surface area contributed by atoms with Crippen LogP contribution in [0.2, 0.25) is 0 Å². The molecule has 3 aromatic rings. The molecular weight excluding hydrogens is 336 g/mol. The van der Waals surface area contributed by atoms with Crippen LogP contribution in [0.5, 0.6) is 11.6 Å². The summed E-state index contributed by atoms with van der Waals surface area (Å²) in [6, 6.07) is 5.03. The first kappa shape index (κ1) is 16.1. The number of aromatic nitrogens is 3. The van der Waals surface area contributed by atoms with Crippen molar-refractivity contribution in [2.45, 2.75) is 12.5 Å². The van der Waals surface area contributed by atoms with Crippen LogP contribution in [0.25, 0.3) is 10.9 Å². The quantitative estimate of drug-likeness (QED) is 0.439. The Morgan fingerprint density at radius 1 is 1.27 bits per heavy atom. The first-order valence-corrected chi connectivity index (χ1v) is 8.08. The number of hydrogen-bond donors (Lipinski definition) is 5. The number of benzene rings is 1. The van der Waals surface area contributed by atoms with E-state index in [2.05, 4.69) is 26.2 Å². The van der Waals surface area contributed by atoms with Gasteiger partial charge < -0.3 is 20.1 Å². The average molecular weight is 352 g/mol. The molecule has 4 rings (SSSR count). The molecular formula is C18H16N4O4. The number of rotatable bonds is 3. The van der Waals surface area contributed by atoms with Crippen LogP contribution in [0.4, 0.5) is 0 Å². The minimum absolute atomic E-state index is 0.0703. The van der Waals surface area contributed by atoms with Gasteiger partial charge in [0.05, 0.1) is 6.04 Å². The van der Waals surface area contributed by atoms with Crippen LogP contribution in [-0.4, -0.2) is 33.2 Å². The number of aromatic hydroxyl groups is 1. The monoisotopic (exact) mass is 352 g/mol. The molecule has 2 aromatic heterocycles. The Labute approximate surface area is 147 Å². The van der Waals surface area contributed by atoms with Crippen LogP contribution in [0.3, 0.4) is 0 Å². The molecule has 0 aliphatic carbocycles. The third-order valence-electron chi connectivity index (χ3n) is 4.49. The maximum atomic E-state index is 12.2. The molecule has 8 heteroatoms. The summed E-state index contributed by atoms with van der Waals surface area (Å²) in [5, 5.41) is 14.3. The summed E-state index contributed by atoms with van der Waals surface area (Å²) in [5.74, 6) is 2.65. The van der Waals surface area contributed by atoms with Gasteiger partial charge in [-0.05, 0) is 30.2 Å². The lowest BCUT2D eigenvalue weighted by Gasteiger charge is -2.24. The van der Waals surface area contributed by atoms with E-state index in [-0.39, 0.29) is 12.2 Å². The van der Waals surface area contributed by atoms with Crippen LogP contribution >= 0.6 is 0 Å².